The smallest absolute Gasteiger partial charge is 0.164 e. The van der Waals surface area contributed by atoms with Gasteiger partial charge in [-0.3, -0.25) is 0 Å². The zero-order valence-corrected chi connectivity index (χ0v) is 7.86. The van der Waals surface area contributed by atoms with Crippen LogP contribution in [0, 0.1) is 17.5 Å². The van der Waals surface area contributed by atoms with E-state index >= 15 is 0 Å². The van der Waals surface area contributed by atoms with Gasteiger partial charge in [0.2, 0.25) is 0 Å². The van der Waals surface area contributed by atoms with E-state index in [1.807, 2.05) is 0 Å². The summed E-state index contributed by atoms with van der Waals surface area (Å²) in [5, 5.41) is 0. The van der Waals surface area contributed by atoms with E-state index in [0.717, 1.165) is 12.1 Å². The molecule has 0 radical (unpaired) electrons. The Balaban J connectivity index is 2.89. The minimum atomic E-state index is -1.11. The van der Waals surface area contributed by atoms with Crippen LogP contribution in [0.5, 0.6) is 0 Å². The summed E-state index contributed by atoms with van der Waals surface area (Å²) < 4.78 is 38.8. The van der Waals surface area contributed by atoms with Crippen molar-refractivity contribution in [3.05, 3.63) is 35.1 Å². The molecule has 78 valence electrons. The van der Waals surface area contributed by atoms with Crippen molar-refractivity contribution in [2.45, 2.75) is 25.8 Å². The van der Waals surface area contributed by atoms with Gasteiger partial charge in [-0.05, 0) is 31.9 Å². The molecule has 0 saturated heterocycles. The molecule has 1 atom stereocenters. The first-order valence-electron chi connectivity index (χ1n) is 4.40. The highest BCUT2D eigenvalue weighted by atomic mass is 19.2. The van der Waals surface area contributed by atoms with E-state index in [1.165, 1.54) is 0 Å². The Kier molecular flexibility index (Phi) is 3.52. The molecular weight excluding hydrogens is 191 g/mol. The maximum Gasteiger partial charge on any atom is 0.164 e. The number of hydrogen-bond acceptors (Lipinski definition) is 1. The highest BCUT2D eigenvalue weighted by Gasteiger charge is 2.13. The maximum atomic E-state index is 13.1. The van der Waals surface area contributed by atoms with Gasteiger partial charge in [0.15, 0.2) is 11.6 Å². The summed E-state index contributed by atoms with van der Waals surface area (Å²) in [6, 6.07) is 1.55. The van der Waals surface area contributed by atoms with Crippen molar-refractivity contribution < 1.29 is 13.2 Å². The number of nitrogens with two attached hydrogens (primary N) is 1. The molecular formula is C10H12F3N. The number of hydrogen-bond donors (Lipinski definition) is 1. The number of halogens is 3. The first-order valence-corrected chi connectivity index (χ1v) is 4.40. The van der Waals surface area contributed by atoms with E-state index in [9.17, 15) is 13.2 Å². The van der Waals surface area contributed by atoms with Gasteiger partial charge in [-0.1, -0.05) is 0 Å². The summed E-state index contributed by atoms with van der Waals surface area (Å²) in [4.78, 5) is 0. The molecule has 0 aliphatic heterocycles. The molecule has 0 aliphatic rings. The van der Waals surface area contributed by atoms with Crippen molar-refractivity contribution in [3.8, 4) is 0 Å². The molecule has 0 fully saturated rings. The van der Waals surface area contributed by atoms with Crippen LogP contribution in [0.4, 0.5) is 13.2 Å². The van der Waals surface area contributed by atoms with Crippen molar-refractivity contribution in [1.82, 2.24) is 0 Å². The second-order valence-electron chi connectivity index (χ2n) is 3.34. The standard InChI is InChI=1S/C10H12F3N/c1-6(14)2-3-7-8(11)4-5-9(12)10(7)13/h4-6H,2-3,14H2,1H3/t6-/m1/s1. The zero-order chi connectivity index (χ0) is 10.7. The van der Waals surface area contributed by atoms with Crippen LogP contribution in [0.3, 0.4) is 0 Å². The Morgan fingerprint density at radius 3 is 2.36 bits per heavy atom. The normalized spacial score (nSPS) is 12.9. The molecule has 0 bridgehead atoms. The van der Waals surface area contributed by atoms with Gasteiger partial charge in [0, 0.05) is 11.6 Å². The third-order valence-electron chi connectivity index (χ3n) is 1.99. The van der Waals surface area contributed by atoms with Crippen molar-refractivity contribution in [2.75, 3.05) is 0 Å². The number of benzene rings is 1. The lowest BCUT2D eigenvalue weighted by Crippen LogP contribution is -2.16. The monoisotopic (exact) mass is 203 g/mol. The topological polar surface area (TPSA) is 26.0 Å². The second kappa shape index (κ2) is 4.46. The molecule has 4 heteroatoms. The molecule has 1 aromatic rings. The van der Waals surface area contributed by atoms with Crippen LogP contribution < -0.4 is 5.73 Å². The molecule has 1 aromatic carbocycles. The number of rotatable bonds is 3. The molecule has 1 nitrogen and oxygen atoms in total. The molecule has 0 aliphatic carbocycles. The lowest BCUT2D eigenvalue weighted by Gasteiger charge is -2.07. The first kappa shape index (κ1) is 11.0. The highest BCUT2D eigenvalue weighted by molar-refractivity contribution is 5.21. The fourth-order valence-electron chi connectivity index (χ4n) is 1.17. The predicted octanol–water partition coefficient (Wildman–Crippen LogP) is 2.38. The van der Waals surface area contributed by atoms with Crippen LogP contribution in [0.15, 0.2) is 12.1 Å². The van der Waals surface area contributed by atoms with Crippen molar-refractivity contribution in [2.24, 2.45) is 5.73 Å². The van der Waals surface area contributed by atoms with E-state index < -0.39 is 17.5 Å². The third kappa shape index (κ3) is 2.48. The molecule has 0 heterocycles. The van der Waals surface area contributed by atoms with Crippen LogP contribution in [-0.4, -0.2) is 6.04 Å². The van der Waals surface area contributed by atoms with Crippen LogP contribution in [-0.2, 0) is 6.42 Å². The van der Waals surface area contributed by atoms with Gasteiger partial charge in [0.05, 0.1) is 0 Å². The van der Waals surface area contributed by atoms with Crippen LogP contribution >= 0.6 is 0 Å². The average Bonchev–Trinajstić information content (AvgIpc) is 2.11. The van der Waals surface area contributed by atoms with Gasteiger partial charge in [0.1, 0.15) is 5.82 Å². The minimum Gasteiger partial charge on any atom is -0.328 e. The zero-order valence-electron chi connectivity index (χ0n) is 7.86. The summed E-state index contributed by atoms with van der Waals surface area (Å²) in [6.07, 6.45) is 0.546. The van der Waals surface area contributed by atoms with Crippen molar-refractivity contribution in [3.63, 3.8) is 0 Å². The predicted molar refractivity (Wildman–Crippen MR) is 48.3 cm³/mol. The van der Waals surface area contributed by atoms with Gasteiger partial charge >= 0.3 is 0 Å². The van der Waals surface area contributed by atoms with Crippen LogP contribution in [0.25, 0.3) is 0 Å². The summed E-state index contributed by atoms with van der Waals surface area (Å²) in [7, 11) is 0. The van der Waals surface area contributed by atoms with Crippen molar-refractivity contribution in [1.29, 1.82) is 0 Å². The Hall–Kier alpha value is -1.03. The quantitative estimate of drug-likeness (QED) is 0.750. The molecule has 0 saturated carbocycles. The van der Waals surface area contributed by atoms with Crippen LogP contribution in [0.1, 0.15) is 18.9 Å². The molecule has 0 amide bonds. The third-order valence-corrected chi connectivity index (χ3v) is 1.99. The Morgan fingerprint density at radius 2 is 1.79 bits per heavy atom. The Bertz CT molecular complexity index is 323. The lowest BCUT2D eigenvalue weighted by molar-refractivity contribution is 0.474. The molecule has 14 heavy (non-hydrogen) atoms. The SMILES string of the molecule is C[C@@H](N)CCc1c(F)ccc(F)c1F. The Morgan fingerprint density at radius 1 is 1.21 bits per heavy atom. The van der Waals surface area contributed by atoms with E-state index in [-0.39, 0.29) is 18.0 Å². The van der Waals surface area contributed by atoms with E-state index in [1.54, 1.807) is 6.92 Å². The van der Waals surface area contributed by atoms with Gasteiger partial charge in [-0.2, -0.15) is 0 Å². The summed E-state index contributed by atoms with van der Waals surface area (Å²) in [5.74, 6) is -2.85. The van der Waals surface area contributed by atoms with Crippen LogP contribution in [0.2, 0.25) is 0 Å². The Labute approximate surface area is 80.7 Å². The molecule has 2 N–H and O–H groups in total. The fraction of sp³-hybridized carbons (Fsp3) is 0.400. The minimum absolute atomic E-state index is 0.118. The molecule has 1 rings (SSSR count). The van der Waals surface area contributed by atoms with E-state index in [2.05, 4.69) is 0 Å². The summed E-state index contributed by atoms with van der Waals surface area (Å²) >= 11 is 0. The molecule has 0 spiro atoms. The summed E-state index contributed by atoms with van der Waals surface area (Å²) in [6.45, 7) is 1.73. The highest BCUT2D eigenvalue weighted by Crippen LogP contribution is 2.17. The van der Waals surface area contributed by atoms with Gasteiger partial charge in [0.25, 0.3) is 0 Å². The fourth-order valence-corrected chi connectivity index (χ4v) is 1.17. The average molecular weight is 203 g/mol. The van der Waals surface area contributed by atoms with Gasteiger partial charge in [-0.15, -0.1) is 0 Å². The largest absolute Gasteiger partial charge is 0.328 e. The summed E-state index contributed by atoms with van der Waals surface area (Å²) in [5.41, 5.74) is 5.22. The van der Waals surface area contributed by atoms with E-state index in [0.29, 0.717) is 6.42 Å². The van der Waals surface area contributed by atoms with Gasteiger partial charge in [-0.25, -0.2) is 13.2 Å². The van der Waals surface area contributed by atoms with Crippen molar-refractivity contribution >= 4 is 0 Å². The lowest BCUT2D eigenvalue weighted by atomic mass is 10.1. The first-order chi connectivity index (χ1) is 6.52. The van der Waals surface area contributed by atoms with E-state index in [4.69, 9.17) is 5.73 Å². The maximum absolute atomic E-state index is 13.1. The second-order valence-corrected chi connectivity index (χ2v) is 3.34. The molecule has 0 unspecified atom stereocenters. The molecule has 0 aromatic heterocycles. The van der Waals surface area contributed by atoms with Gasteiger partial charge < -0.3 is 5.73 Å².